The molecular weight excluding hydrogens is 238 g/mol. The molecule has 0 spiro atoms. The maximum Gasteiger partial charge on any atom is 0.0935 e. The average molecular weight is 265 g/mol. The van der Waals surface area contributed by atoms with Crippen molar-refractivity contribution in [1.82, 2.24) is 5.32 Å². The number of nitrogens with one attached hydrogen (secondary N) is 1. The predicted molar refractivity (Wildman–Crippen MR) is 77.2 cm³/mol. The van der Waals surface area contributed by atoms with E-state index in [9.17, 15) is 0 Å². The second kappa shape index (κ2) is 6.58. The number of hydrogen-bond acceptors (Lipinski definition) is 3. The summed E-state index contributed by atoms with van der Waals surface area (Å²) in [5.41, 5.74) is 1.23. The van der Waals surface area contributed by atoms with Crippen LogP contribution in [0, 0.1) is 5.92 Å². The largest absolute Gasteiger partial charge is 0.472 e. The van der Waals surface area contributed by atoms with Gasteiger partial charge in [-0.3, -0.25) is 0 Å². The van der Waals surface area contributed by atoms with Crippen molar-refractivity contribution in [2.75, 3.05) is 13.7 Å². The van der Waals surface area contributed by atoms with E-state index >= 15 is 0 Å². The summed E-state index contributed by atoms with van der Waals surface area (Å²) in [6.45, 7) is 5.24. The quantitative estimate of drug-likeness (QED) is 0.856. The Balaban J connectivity index is 2.14. The van der Waals surface area contributed by atoms with E-state index in [2.05, 4.69) is 25.2 Å². The van der Waals surface area contributed by atoms with Crippen LogP contribution in [0.25, 0.3) is 0 Å². The Labute approximate surface area is 116 Å². The molecule has 0 radical (unpaired) electrons. The number of furan rings is 1. The number of likely N-dealkylation sites (N-methyl/N-ethyl adjacent to an activating group) is 1. The second-order valence-corrected chi connectivity index (χ2v) is 5.88. The molecule has 1 aliphatic carbocycles. The van der Waals surface area contributed by atoms with Crippen LogP contribution in [0.5, 0.6) is 0 Å². The molecule has 3 atom stereocenters. The van der Waals surface area contributed by atoms with Gasteiger partial charge >= 0.3 is 0 Å². The van der Waals surface area contributed by atoms with Crippen LogP contribution in [0.15, 0.2) is 23.0 Å². The predicted octanol–water partition coefficient (Wildman–Crippen LogP) is 3.40. The standard InChI is InChI=1S/C16H27NO2/c1-4-19-16(8-5-6-13(2)11-16)15(17-3)10-14-7-9-18-12-14/h7,9,12-13,15,17H,4-6,8,10-11H2,1-3H3. The highest BCUT2D eigenvalue weighted by atomic mass is 16.5. The van der Waals surface area contributed by atoms with E-state index in [1.807, 2.05) is 13.3 Å². The molecule has 0 aliphatic heterocycles. The lowest BCUT2D eigenvalue weighted by Gasteiger charge is -2.45. The Bertz CT molecular complexity index is 359. The summed E-state index contributed by atoms with van der Waals surface area (Å²) >= 11 is 0. The normalized spacial score (nSPS) is 29.3. The van der Waals surface area contributed by atoms with Gasteiger partial charge in [0.2, 0.25) is 0 Å². The molecule has 1 N–H and O–H groups in total. The molecule has 108 valence electrons. The molecule has 1 fully saturated rings. The third-order valence-corrected chi connectivity index (χ3v) is 4.43. The topological polar surface area (TPSA) is 34.4 Å². The first-order valence-corrected chi connectivity index (χ1v) is 7.52. The van der Waals surface area contributed by atoms with E-state index in [-0.39, 0.29) is 5.60 Å². The van der Waals surface area contributed by atoms with Crippen molar-refractivity contribution >= 4 is 0 Å². The van der Waals surface area contributed by atoms with E-state index in [4.69, 9.17) is 9.15 Å². The van der Waals surface area contributed by atoms with Crippen LogP contribution in [0.1, 0.15) is 45.1 Å². The Morgan fingerprint density at radius 2 is 2.42 bits per heavy atom. The summed E-state index contributed by atoms with van der Waals surface area (Å²) in [7, 11) is 2.05. The Kier molecular flexibility index (Phi) is 5.06. The van der Waals surface area contributed by atoms with Crippen molar-refractivity contribution in [2.45, 2.75) is 57.6 Å². The van der Waals surface area contributed by atoms with E-state index in [1.54, 1.807) is 6.26 Å². The number of hydrogen-bond donors (Lipinski definition) is 1. The maximum absolute atomic E-state index is 6.25. The van der Waals surface area contributed by atoms with E-state index in [0.717, 1.165) is 31.8 Å². The molecule has 0 bridgehead atoms. The van der Waals surface area contributed by atoms with Gasteiger partial charge in [-0.1, -0.05) is 19.8 Å². The molecule has 0 aromatic carbocycles. The summed E-state index contributed by atoms with van der Waals surface area (Å²) in [5.74, 6) is 0.750. The Morgan fingerprint density at radius 1 is 1.58 bits per heavy atom. The van der Waals surface area contributed by atoms with Gasteiger partial charge in [-0.15, -0.1) is 0 Å². The summed E-state index contributed by atoms with van der Waals surface area (Å²) in [6, 6.07) is 2.41. The first-order valence-electron chi connectivity index (χ1n) is 7.52. The molecule has 1 aromatic rings. The van der Waals surface area contributed by atoms with Crippen LogP contribution in [0.2, 0.25) is 0 Å². The molecule has 3 unspecified atom stereocenters. The first-order chi connectivity index (χ1) is 9.20. The van der Waals surface area contributed by atoms with Gasteiger partial charge in [0.15, 0.2) is 0 Å². The third-order valence-electron chi connectivity index (χ3n) is 4.43. The van der Waals surface area contributed by atoms with Crippen molar-refractivity contribution < 1.29 is 9.15 Å². The number of rotatable bonds is 6. The van der Waals surface area contributed by atoms with Crippen LogP contribution < -0.4 is 5.32 Å². The maximum atomic E-state index is 6.25. The SMILES string of the molecule is CCOC1(C(Cc2ccoc2)NC)CCCC(C)C1. The molecular formula is C16H27NO2. The van der Waals surface area contributed by atoms with Gasteiger partial charge in [0.05, 0.1) is 18.1 Å². The van der Waals surface area contributed by atoms with Crippen molar-refractivity contribution in [3.8, 4) is 0 Å². The molecule has 3 heteroatoms. The minimum atomic E-state index is -0.0154. The zero-order valence-electron chi connectivity index (χ0n) is 12.4. The molecule has 1 aliphatic rings. The lowest BCUT2D eigenvalue weighted by molar-refractivity contribution is -0.0988. The summed E-state index contributed by atoms with van der Waals surface area (Å²) < 4.78 is 11.4. The first kappa shape index (κ1) is 14.6. The summed E-state index contributed by atoms with van der Waals surface area (Å²) in [6.07, 6.45) is 9.48. The van der Waals surface area contributed by atoms with Crippen LogP contribution in [0.4, 0.5) is 0 Å². The van der Waals surface area contributed by atoms with Crippen molar-refractivity contribution in [1.29, 1.82) is 0 Å². The molecule has 0 saturated heterocycles. The van der Waals surface area contributed by atoms with E-state index in [0.29, 0.717) is 6.04 Å². The number of ether oxygens (including phenoxy) is 1. The zero-order valence-corrected chi connectivity index (χ0v) is 12.4. The minimum Gasteiger partial charge on any atom is -0.472 e. The highest BCUT2D eigenvalue weighted by Gasteiger charge is 2.42. The molecule has 1 aromatic heterocycles. The van der Waals surface area contributed by atoms with E-state index < -0.39 is 0 Å². The van der Waals surface area contributed by atoms with Gasteiger partial charge in [-0.25, -0.2) is 0 Å². The summed E-state index contributed by atoms with van der Waals surface area (Å²) in [4.78, 5) is 0. The van der Waals surface area contributed by atoms with Crippen LogP contribution in [0.3, 0.4) is 0 Å². The fourth-order valence-corrected chi connectivity index (χ4v) is 3.57. The summed E-state index contributed by atoms with van der Waals surface area (Å²) in [5, 5.41) is 3.49. The monoisotopic (exact) mass is 265 g/mol. The van der Waals surface area contributed by atoms with Crippen LogP contribution >= 0.6 is 0 Å². The van der Waals surface area contributed by atoms with Crippen molar-refractivity contribution in [2.24, 2.45) is 5.92 Å². The average Bonchev–Trinajstić information content (AvgIpc) is 2.89. The van der Waals surface area contributed by atoms with Crippen LogP contribution in [-0.2, 0) is 11.2 Å². The van der Waals surface area contributed by atoms with E-state index in [1.165, 1.54) is 18.4 Å². The molecule has 0 amide bonds. The van der Waals surface area contributed by atoms with Crippen LogP contribution in [-0.4, -0.2) is 25.3 Å². The highest BCUT2D eigenvalue weighted by Crippen LogP contribution is 2.38. The van der Waals surface area contributed by atoms with Gasteiger partial charge in [-0.2, -0.15) is 0 Å². The van der Waals surface area contributed by atoms with Gasteiger partial charge < -0.3 is 14.5 Å². The highest BCUT2D eigenvalue weighted by molar-refractivity contribution is 5.11. The zero-order chi connectivity index (χ0) is 13.7. The van der Waals surface area contributed by atoms with Crippen molar-refractivity contribution in [3.05, 3.63) is 24.2 Å². The lowest BCUT2D eigenvalue weighted by Crippen LogP contribution is -2.55. The fourth-order valence-electron chi connectivity index (χ4n) is 3.57. The van der Waals surface area contributed by atoms with Gasteiger partial charge in [0, 0.05) is 12.6 Å². The third kappa shape index (κ3) is 3.40. The molecule has 19 heavy (non-hydrogen) atoms. The molecule has 2 rings (SSSR count). The van der Waals surface area contributed by atoms with Gasteiger partial charge in [-0.05, 0) is 50.8 Å². The lowest BCUT2D eigenvalue weighted by atomic mass is 9.73. The molecule has 1 saturated carbocycles. The Morgan fingerprint density at radius 3 is 3.00 bits per heavy atom. The second-order valence-electron chi connectivity index (χ2n) is 5.88. The van der Waals surface area contributed by atoms with Gasteiger partial charge in [0.1, 0.15) is 0 Å². The fraction of sp³-hybridized carbons (Fsp3) is 0.750. The van der Waals surface area contributed by atoms with Gasteiger partial charge in [0.25, 0.3) is 0 Å². The molecule has 1 heterocycles. The smallest absolute Gasteiger partial charge is 0.0935 e. The Hall–Kier alpha value is -0.800. The minimum absolute atomic E-state index is 0.0154. The molecule has 3 nitrogen and oxygen atoms in total. The van der Waals surface area contributed by atoms with Crippen molar-refractivity contribution in [3.63, 3.8) is 0 Å².